The molecular formula is C25H20N2O4S. The van der Waals surface area contributed by atoms with Gasteiger partial charge in [-0.1, -0.05) is 59.7 Å². The highest BCUT2D eigenvalue weighted by Crippen LogP contribution is 2.40. The van der Waals surface area contributed by atoms with Gasteiger partial charge in [0.25, 0.3) is 5.22 Å². The predicted octanol–water partition coefficient (Wildman–Crippen LogP) is 5.80. The van der Waals surface area contributed by atoms with E-state index in [1.807, 2.05) is 74.5 Å². The lowest BCUT2D eigenvalue weighted by Gasteiger charge is -2.14. The molecule has 0 spiro atoms. The van der Waals surface area contributed by atoms with Gasteiger partial charge in [-0.05, 0) is 49.4 Å². The molecule has 2 heterocycles. The van der Waals surface area contributed by atoms with Crippen LogP contribution in [0.15, 0.2) is 76.4 Å². The van der Waals surface area contributed by atoms with Crippen LogP contribution >= 0.6 is 11.8 Å². The van der Waals surface area contributed by atoms with Crippen LogP contribution in [-0.4, -0.2) is 22.8 Å². The van der Waals surface area contributed by atoms with E-state index >= 15 is 0 Å². The fourth-order valence-corrected chi connectivity index (χ4v) is 4.34. The number of nitrogens with zero attached hydrogens (tertiary/aromatic N) is 2. The van der Waals surface area contributed by atoms with Crippen LogP contribution in [0, 0.1) is 13.8 Å². The Kier molecular flexibility index (Phi) is 5.41. The fourth-order valence-electron chi connectivity index (χ4n) is 3.39. The maximum Gasteiger partial charge on any atom is 0.277 e. The molecule has 1 aliphatic heterocycles. The van der Waals surface area contributed by atoms with E-state index in [2.05, 4.69) is 10.2 Å². The molecule has 4 aromatic rings. The zero-order valence-electron chi connectivity index (χ0n) is 17.6. The number of benzene rings is 3. The van der Waals surface area contributed by atoms with Crippen molar-refractivity contribution in [3.63, 3.8) is 0 Å². The first kappa shape index (κ1) is 20.3. The number of rotatable bonds is 6. The van der Waals surface area contributed by atoms with E-state index in [1.54, 1.807) is 6.07 Å². The summed E-state index contributed by atoms with van der Waals surface area (Å²) in [5.41, 5.74) is 4.48. The second kappa shape index (κ2) is 8.51. The van der Waals surface area contributed by atoms with Crippen molar-refractivity contribution >= 4 is 17.5 Å². The normalized spacial score (nSPS) is 13.2. The van der Waals surface area contributed by atoms with Gasteiger partial charge in [0.15, 0.2) is 17.3 Å². The molecular weight excluding hydrogens is 424 g/mol. The number of aryl methyl sites for hydroxylation is 2. The van der Waals surface area contributed by atoms with E-state index in [-0.39, 0.29) is 12.6 Å². The summed E-state index contributed by atoms with van der Waals surface area (Å²) in [6.07, 6.45) is 0. The molecule has 0 saturated heterocycles. The lowest BCUT2D eigenvalue weighted by atomic mass is 10.0. The van der Waals surface area contributed by atoms with Crippen molar-refractivity contribution in [2.75, 3.05) is 6.79 Å². The molecule has 0 amide bonds. The molecule has 7 heteroatoms. The number of aromatic nitrogens is 2. The second-order valence-corrected chi connectivity index (χ2v) is 8.64. The Morgan fingerprint density at radius 3 is 2.31 bits per heavy atom. The third-order valence-electron chi connectivity index (χ3n) is 5.20. The summed E-state index contributed by atoms with van der Waals surface area (Å²) in [6.45, 7) is 4.21. The Balaban J connectivity index is 1.44. The van der Waals surface area contributed by atoms with Crippen molar-refractivity contribution in [2.24, 2.45) is 0 Å². The summed E-state index contributed by atoms with van der Waals surface area (Å²) in [5.74, 6) is 1.67. The maximum absolute atomic E-state index is 13.4. The molecule has 160 valence electrons. The Hall–Kier alpha value is -3.58. The minimum atomic E-state index is -0.511. The zero-order valence-corrected chi connectivity index (χ0v) is 18.4. The number of carbonyl (C=O) groups is 1. The minimum Gasteiger partial charge on any atom is -0.454 e. The van der Waals surface area contributed by atoms with Crippen molar-refractivity contribution in [1.29, 1.82) is 0 Å². The first-order valence-electron chi connectivity index (χ1n) is 10.1. The van der Waals surface area contributed by atoms with E-state index in [0.29, 0.717) is 28.2 Å². The Labute approximate surface area is 189 Å². The number of hydrogen-bond acceptors (Lipinski definition) is 7. The van der Waals surface area contributed by atoms with E-state index in [1.165, 1.54) is 11.8 Å². The molecule has 0 N–H and O–H groups in total. The molecule has 0 aliphatic carbocycles. The van der Waals surface area contributed by atoms with Crippen LogP contribution in [0.1, 0.15) is 32.3 Å². The third-order valence-corrected chi connectivity index (χ3v) is 6.29. The van der Waals surface area contributed by atoms with Gasteiger partial charge in [0, 0.05) is 11.1 Å². The van der Waals surface area contributed by atoms with Gasteiger partial charge in [0.1, 0.15) is 5.25 Å². The Morgan fingerprint density at radius 1 is 0.875 bits per heavy atom. The summed E-state index contributed by atoms with van der Waals surface area (Å²) in [4.78, 5) is 13.4. The number of ether oxygens (including phenoxy) is 2. The van der Waals surface area contributed by atoms with Gasteiger partial charge in [-0.15, -0.1) is 10.2 Å². The van der Waals surface area contributed by atoms with Crippen LogP contribution in [0.5, 0.6) is 11.5 Å². The predicted molar refractivity (Wildman–Crippen MR) is 121 cm³/mol. The van der Waals surface area contributed by atoms with Crippen LogP contribution in [0.25, 0.3) is 11.5 Å². The molecule has 1 aromatic heterocycles. The highest BCUT2D eigenvalue weighted by atomic mass is 32.2. The molecule has 5 rings (SSSR count). The fraction of sp³-hybridized carbons (Fsp3) is 0.160. The molecule has 0 bridgehead atoms. The van der Waals surface area contributed by atoms with Crippen LogP contribution in [-0.2, 0) is 0 Å². The van der Waals surface area contributed by atoms with Crippen LogP contribution in [0.4, 0.5) is 0 Å². The first-order chi connectivity index (χ1) is 15.6. The van der Waals surface area contributed by atoms with Gasteiger partial charge in [0.2, 0.25) is 12.7 Å². The molecule has 1 aliphatic rings. The topological polar surface area (TPSA) is 74.5 Å². The molecule has 0 radical (unpaired) electrons. The van der Waals surface area contributed by atoms with E-state index in [0.717, 1.165) is 22.3 Å². The SMILES string of the molecule is Cc1ccc(C(=O)C(Sc2nnc(-c3ccc4c(c3)OCO4)o2)c2ccc(C)cc2)cc1. The lowest BCUT2D eigenvalue weighted by Crippen LogP contribution is -2.10. The Morgan fingerprint density at radius 2 is 1.56 bits per heavy atom. The second-order valence-electron chi connectivity index (χ2n) is 7.58. The maximum atomic E-state index is 13.4. The molecule has 3 aromatic carbocycles. The standard InChI is InChI=1S/C25H20N2O4S/c1-15-3-7-17(8-4-15)22(28)23(18-9-5-16(2)6-10-18)32-25-27-26-24(31-25)19-11-12-20-21(13-19)30-14-29-20/h3-13,23H,14H2,1-2H3. The van der Waals surface area contributed by atoms with Gasteiger partial charge < -0.3 is 13.9 Å². The van der Waals surface area contributed by atoms with Crippen molar-refractivity contribution in [3.05, 3.63) is 89.0 Å². The Bertz CT molecular complexity index is 1270. The quantitative estimate of drug-likeness (QED) is 0.275. The van der Waals surface area contributed by atoms with Gasteiger partial charge in [0.05, 0.1) is 0 Å². The molecule has 1 unspecified atom stereocenters. The van der Waals surface area contributed by atoms with Crippen molar-refractivity contribution in [1.82, 2.24) is 10.2 Å². The summed E-state index contributed by atoms with van der Waals surface area (Å²) in [7, 11) is 0. The van der Waals surface area contributed by atoms with Gasteiger partial charge in [-0.2, -0.15) is 0 Å². The smallest absolute Gasteiger partial charge is 0.277 e. The van der Waals surface area contributed by atoms with E-state index in [4.69, 9.17) is 13.9 Å². The van der Waals surface area contributed by atoms with Crippen LogP contribution in [0.3, 0.4) is 0 Å². The minimum absolute atomic E-state index is 0.0123. The number of ketones is 1. The number of Topliss-reactive ketones (excluding diaryl/α,β-unsaturated/α-hetero) is 1. The van der Waals surface area contributed by atoms with Crippen molar-refractivity contribution in [2.45, 2.75) is 24.3 Å². The van der Waals surface area contributed by atoms with Crippen molar-refractivity contribution < 1.29 is 18.7 Å². The average molecular weight is 445 g/mol. The van der Waals surface area contributed by atoms with Gasteiger partial charge in [-0.3, -0.25) is 4.79 Å². The zero-order chi connectivity index (χ0) is 22.1. The molecule has 0 fully saturated rings. The van der Waals surface area contributed by atoms with Crippen molar-refractivity contribution in [3.8, 4) is 23.0 Å². The number of fused-ring (bicyclic) bond motifs is 1. The van der Waals surface area contributed by atoms with E-state index < -0.39 is 5.25 Å². The number of hydrogen-bond donors (Lipinski definition) is 0. The summed E-state index contributed by atoms with van der Waals surface area (Å²) < 4.78 is 16.7. The van der Waals surface area contributed by atoms with E-state index in [9.17, 15) is 4.79 Å². The number of thioether (sulfide) groups is 1. The third kappa shape index (κ3) is 4.11. The van der Waals surface area contributed by atoms with Crippen LogP contribution < -0.4 is 9.47 Å². The summed E-state index contributed by atoms with van der Waals surface area (Å²) in [6, 6.07) is 21.0. The lowest BCUT2D eigenvalue weighted by molar-refractivity contribution is 0.0989. The van der Waals surface area contributed by atoms with Crippen LogP contribution in [0.2, 0.25) is 0 Å². The largest absolute Gasteiger partial charge is 0.454 e. The summed E-state index contributed by atoms with van der Waals surface area (Å²) >= 11 is 1.25. The summed E-state index contributed by atoms with van der Waals surface area (Å²) in [5, 5.41) is 8.16. The molecule has 32 heavy (non-hydrogen) atoms. The van der Waals surface area contributed by atoms with Gasteiger partial charge >= 0.3 is 0 Å². The van der Waals surface area contributed by atoms with Gasteiger partial charge in [-0.25, -0.2) is 0 Å². The highest BCUT2D eigenvalue weighted by Gasteiger charge is 2.26. The highest BCUT2D eigenvalue weighted by molar-refractivity contribution is 8.00. The number of carbonyl (C=O) groups excluding carboxylic acids is 1. The molecule has 1 atom stereocenters. The average Bonchev–Trinajstić information content (AvgIpc) is 3.47. The first-order valence-corrected chi connectivity index (χ1v) is 11.0. The monoisotopic (exact) mass is 444 g/mol. The molecule has 6 nitrogen and oxygen atoms in total. The molecule has 0 saturated carbocycles.